The molecule has 1 heterocycles. The van der Waals surface area contributed by atoms with Gasteiger partial charge in [-0.1, -0.05) is 24.3 Å². The van der Waals surface area contributed by atoms with E-state index in [9.17, 15) is 4.79 Å². The number of hydrogen-bond donors (Lipinski definition) is 1. The molecule has 0 bridgehead atoms. The van der Waals surface area contributed by atoms with Gasteiger partial charge in [0.15, 0.2) is 11.5 Å². The average Bonchev–Trinajstić information content (AvgIpc) is 3.20. The summed E-state index contributed by atoms with van der Waals surface area (Å²) < 4.78 is 10.7. The van der Waals surface area contributed by atoms with Crippen molar-refractivity contribution in [2.45, 2.75) is 10.6 Å². The monoisotopic (exact) mass is 388 g/mol. The predicted octanol–water partition coefficient (Wildman–Crippen LogP) is 4.83. The molecule has 0 aromatic heterocycles. The van der Waals surface area contributed by atoms with E-state index in [-0.39, 0.29) is 12.7 Å². The zero-order chi connectivity index (χ0) is 19.3. The maximum atomic E-state index is 12.8. The van der Waals surface area contributed by atoms with E-state index in [2.05, 4.69) is 11.4 Å². The molecule has 0 radical (unpaired) electrons. The van der Waals surface area contributed by atoms with Gasteiger partial charge in [0.05, 0.1) is 17.2 Å². The Balaban J connectivity index is 1.47. The van der Waals surface area contributed by atoms with Gasteiger partial charge in [-0.25, -0.2) is 0 Å². The highest BCUT2D eigenvalue weighted by atomic mass is 32.2. The minimum atomic E-state index is -0.179. The maximum Gasteiger partial charge on any atom is 0.256 e. The van der Waals surface area contributed by atoms with Crippen LogP contribution in [0.5, 0.6) is 11.5 Å². The number of carbonyl (C=O) groups is 1. The quantitative estimate of drug-likeness (QED) is 0.634. The number of nitrogens with one attached hydrogen (secondary N) is 1. The van der Waals surface area contributed by atoms with Gasteiger partial charge in [-0.15, -0.1) is 11.8 Å². The van der Waals surface area contributed by atoms with Crippen LogP contribution in [0.25, 0.3) is 0 Å². The van der Waals surface area contributed by atoms with E-state index in [1.165, 1.54) is 0 Å². The number of ether oxygens (including phenoxy) is 2. The van der Waals surface area contributed by atoms with E-state index in [1.807, 2.05) is 36.4 Å². The summed E-state index contributed by atoms with van der Waals surface area (Å²) in [6.45, 7) is 0.196. The second-order valence-electron chi connectivity index (χ2n) is 6.12. The van der Waals surface area contributed by atoms with Crippen LogP contribution in [-0.2, 0) is 5.75 Å². The molecule has 5 nitrogen and oxygen atoms in total. The van der Waals surface area contributed by atoms with E-state index in [4.69, 9.17) is 14.7 Å². The standard InChI is InChI=1S/C22H16N2O3S/c23-12-15-5-7-16(8-6-15)13-28-21-4-2-1-3-18(21)22(25)24-17-9-10-19-20(11-17)27-14-26-19/h1-11H,13-14H2,(H,24,25). The number of fused-ring (bicyclic) bond motifs is 1. The number of rotatable bonds is 5. The van der Waals surface area contributed by atoms with Crippen molar-refractivity contribution in [3.05, 3.63) is 83.4 Å². The molecule has 1 amide bonds. The van der Waals surface area contributed by atoms with E-state index in [1.54, 1.807) is 42.1 Å². The van der Waals surface area contributed by atoms with Crippen LogP contribution in [-0.4, -0.2) is 12.7 Å². The topological polar surface area (TPSA) is 71.4 Å². The first-order valence-electron chi connectivity index (χ1n) is 8.65. The minimum absolute atomic E-state index is 0.179. The fraction of sp³-hybridized carbons (Fsp3) is 0.0909. The highest BCUT2D eigenvalue weighted by molar-refractivity contribution is 7.98. The summed E-state index contributed by atoms with van der Waals surface area (Å²) in [6, 6.07) is 22.4. The molecular formula is C22H16N2O3S. The van der Waals surface area contributed by atoms with Gasteiger partial charge < -0.3 is 14.8 Å². The van der Waals surface area contributed by atoms with Gasteiger partial charge in [0.2, 0.25) is 6.79 Å². The fourth-order valence-corrected chi connectivity index (χ4v) is 3.80. The van der Waals surface area contributed by atoms with Crippen LogP contribution in [0.4, 0.5) is 5.69 Å². The van der Waals surface area contributed by atoms with Crippen molar-refractivity contribution in [2.75, 3.05) is 12.1 Å². The Hall–Kier alpha value is -3.43. The molecule has 1 aliphatic rings. The molecular weight excluding hydrogens is 372 g/mol. The number of nitrogens with zero attached hydrogens (tertiary/aromatic N) is 1. The third-order valence-electron chi connectivity index (χ3n) is 4.24. The van der Waals surface area contributed by atoms with Gasteiger partial charge in [0, 0.05) is 22.4 Å². The number of thioether (sulfide) groups is 1. The molecule has 0 spiro atoms. The highest BCUT2D eigenvalue weighted by Crippen LogP contribution is 2.34. The lowest BCUT2D eigenvalue weighted by Gasteiger charge is -2.10. The summed E-state index contributed by atoms with van der Waals surface area (Å²) in [5.41, 5.74) is 2.99. The third-order valence-corrected chi connectivity index (χ3v) is 5.38. The molecule has 138 valence electrons. The number of anilines is 1. The number of carbonyl (C=O) groups excluding carboxylic acids is 1. The number of benzene rings is 3. The third kappa shape index (κ3) is 3.95. The normalized spacial score (nSPS) is 11.7. The van der Waals surface area contributed by atoms with Crippen molar-refractivity contribution in [3.63, 3.8) is 0 Å². The van der Waals surface area contributed by atoms with Crippen molar-refractivity contribution >= 4 is 23.4 Å². The Bertz CT molecular complexity index is 1060. The Kier molecular flexibility index (Phi) is 5.18. The Morgan fingerprint density at radius 1 is 1.04 bits per heavy atom. The lowest BCUT2D eigenvalue weighted by molar-refractivity contribution is 0.102. The lowest BCUT2D eigenvalue weighted by Crippen LogP contribution is -2.12. The van der Waals surface area contributed by atoms with Gasteiger partial charge in [-0.2, -0.15) is 5.26 Å². The zero-order valence-corrected chi connectivity index (χ0v) is 15.7. The fourth-order valence-electron chi connectivity index (χ4n) is 2.79. The first-order chi connectivity index (χ1) is 13.7. The van der Waals surface area contributed by atoms with E-state index >= 15 is 0 Å². The van der Waals surface area contributed by atoms with Crippen LogP contribution in [0.3, 0.4) is 0 Å². The molecule has 0 saturated carbocycles. The Labute approximate surface area is 166 Å². The van der Waals surface area contributed by atoms with Crippen molar-refractivity contribution in [1.82, 2.24) is 0 Å². The zero-order valence-electron chi connectivity index (χ0n) is 14.8. The summed E-state index contributed by atoms with van der Waals surface area (Å²) in [6.07, 6.45) is 0. The molecule has 3 aromatic rings. The van der Waals surface area contributed by atoms with Crippen LogP contribution < -0.4 is 14.8 Å². The molecule has 0 aliphatic carbocycles. The van der Waals surface area contributed by atoms with Gasteiger partial charge in [0.25, 0.3) is 5.91 Å². The van der Waals surface area contributed by atoms with Crippen LogP contribution >= 0.6 is 11.8 Å². The summed E-state index contributed by atoms with van der Waals surface area (Å²) in [4.78, 5) is 13.7. The van der Waals surface area contributed by atoms with Crippen molar-refractivity contribution < 1.29 is 14.3 Å². The molecule has 0 fully saturated rings. The second kappa shape index (κ2) is 8.07. The smallest absolute Gasteiger partial charge is 0.256 e. The molecule has 1 N–H and O–H groups in total. The predicted molar refractivity (Wildman–Crippen MR) is 108 cm³/mol. The molecule has 3 aromatic carbocycles. The van der Waals surface area contributed by atoms with Crippen molar-refractivity contribution in [3.8, 4) is 17.6 Å². The molecule has 28 heavy (non-hydrogen) atoms. The van der Waals surface area contributed by atoms with Crippen LogP contribution in [0.15, 0.2) is 71.6 Å². The lowest BCUT2D eigenvalue weighted by atomic mass is 10.2. The summed E-state index contributed by atoms with van der Waals surface area (Å²) in [5, 5.41) is 11.8. The first kappa shape index (κ1) is 18.0. The van der Waals surface area contributed by atoms with Crippen LogP contribution in [0.1, 0.15) is 21.5 Å². The van der Waals surface area contributed by atoms with E-state index < -0.39 is 0 Å². The highest BCUT2D eigenvalue weighted by Gasteiger charge is 2.16. The number of nitriles is 1. The van der Waals surface area contributed by atoms with Crippen LogP contribution in [0, 0.1) is 11.3 Å². The molecule has 4 rings (SSSR count). The molecule has 0 saturated heterocycles. The number of amides is 1. The van der Waals surface area contributed by atoms with Gasteiger partial charge in [-0.05, 0) is 42.0 Å². The van der Waals surface area contributed by atoms with E-state index in [0.717, 1.165) is 10.5 Å². The second-order valence-corrected chi connectivity index (χ2v) is 7.13. The number of hydrogen-bond acceptors (Lipinski definition) is 5. The summed E-state index contributed by atoms with van der Waals surface area (Å²) >= 11 is 1.58. The molecule has 0 atom stereocenters. The average molecular weight is 388 g/mol. The molecule has 6 heteroatoms. The van der Waals surface area contributed by atoms with Crippen LogP contribution in [0.2, 0.25) is 0 Å². The van der Waals surface area contributed by atoms with E-state index in [0.29, 0.717) is 34.1 Å². The maximum absolute atomic E-state index is 12.8. The van der Waals surface area contributed by atoms with Crippen molar-refractivity contribution in [1.29, 1.82) is 5.26 Å². The summed E-state index contributed by atoms with van der Waals surface area (Å²) in [7, 11) is 0. The first-order valence-corrected chi connectivity index (χ1v) is 9.63. The van der Waals surface area contributed by atoms with Crippen molar-refractivity contribution in [2.24, 2.45) is 0 Å². The summed E-state index contributed by atoms with van der Waals surface area (Å²) in [5.74, 6) is 1.83. The largest absolute Gasteiger partial charge is 0.454 e. The Morgan fingerprint density at radius 3 is 2.64 bits per heavy atom. The van der Waals surface area contributed by atoms with Gasteiger partial charge in [0.1, 0.15) is 0 Å². The van der Waals surface area contributed by atoms with Gasteiger partial charge >= 0.3 is 0 Å². The Morgan fingerprint density at radius 2 is 1.82 bits per heavy atom. The molecule has 0 unspecified atom stereocenters. The molecule has 1 aliphatic heterocycles. The van der Waals surface area contributed by atoms with Gasteiger partial charge in [-0.3, -0.25) is 4.79 Å². The minimum Gasteiger partial charge on any atom is -0.454 e. The SMILES string of the molecule is N#Cc1ccc(CSc2ccccc2C(=O)Nc2ccc3c(c2)OCO3)cc1.